The summed E-state index contributed by atoms with van der Waals surface area (Å²) >= 11 is 0. The highest BCUT2D eigenvalue weighted by molar-refractivity contribution is 5.92. The Bertz CT molecular complexity index is 926. The molecule has 3 rings (SSSR count). The van der Waals surface area contributed by atoms with Crippen molar-refractivity contribution >= 4 is 11.6 Å². The first kappa shape index (κ1) is 18.6. The van der Waals surface area contributed by atoms with Gasteiger partial charge in [0, 0.05) is 18.3 Å². The number of nitrogens with zero attached hydrogens (tertiary/aromatic N) is 4. The number of aryl methyl sites for hydroxylation is 1. The van der Waals surface area contributed by atoms with Gasteiger partial charge in [-0.1, -0.05) is 45.0 Å². The van der Waals surface area contributed by atoms with Crippen LogP contribution in [-0.2, 0) is 17.3 Å². The van der Waals surface area contributed by atoms with Gasteiger partial charge in [-0.2, -0.15) is 0 Å². The molecule has 0 aliphatic carbocycles. The van der Waals surface area contributed by atoms with Crippen molar-refractivity contribution in [2.45, 2.75) is 26.2 Å². The van der Waals surface area contributed by atoms with Gasteiger partial charge >= 0.3 is 0 Å². The Morgan fingerprint density at radius 2 is 1.89 bits per heavy atom. The second-order valence-corrected chi connectivity index (χ2v) is 7.32. The lowest BCUT2D eigenvalue weighted by Gasteiger charge is -2.19. The summed E-state index contributed by atoms with van der Waals surface area (Å²) in [5.74, 6) is 1.06. The molecule has 0 bridgehead atoms. The van der Waals surface area contributed by atoms with Gasteiger partial charge in [-0.3, -0.25) is 4.79 Å². The zero-order valence-electron chi connectivity index (χ0n) is 15.9. The Morgan fingerprint density at radius 1 is 1.15 bits per heavy atom. The highest BCUT2D eigenvalue weighted by atomic mass is 16.5. The van der Waals surface area contributed by atoms with Crippen molar-refractivity contribution in [3.05, 3.63) is 54.1 Å². The fraction of sp³-hybridized carbons (Fsp3) is 0.300. The monoisotopic (exact) mass is 365 g/mol. The van der Waals surface area contributed by atoms with Gasteiger partial charge in [0.1, 0.15) is 5.75 Å². The molecule has 0 radical (unpaired) electrons. The van der Waals surface area contributed by atoms with E-state index in [2.05, 4.69) is 41.6 Å². The molecule has 0 aliphatic rings. The van der Waals surface area contributed by atoms with Crippen LogP contribution in [0.1, 0.15) is 26.3 Å². The first-order valence-corrected chi connectivity index (χ1v) is 8.69. The minimum atomic E-state index is -0.233. The van der Waals surface area contributed by atoms with Crippen LogP contribution in [0.4, 0.5) is 5.69 Å². The van der Waals surface area contributed by atoms with Crippen molar-refractivity contribution in [1.82, 2.24) is 20.2 Å². The molecule has 0 atom stereocenters. The Kier molecular flexibility index (Phi) is 5.21. The van der Waals surface area contributed by atoms with Crippen LogP contribution in [0, 0.1) is 0 Å². The normalized spacial score (nSPS) is 11.3. The molecule has 140 valence electrons. The molecular weight excluding hydrogens is 342 g/mol. The lowest BCUT2D eigenvalue weighted by atomic mass is 9.87. The third-order valence-corrected chi connectivity index (χ3v) is 4.11. The molecule has 3 aromatic rings. The van der Waals surface area contributed by atoms with Crippen molar-refractivity contribution in [2.75, 3.05) is 11.9 Å². The number of hydrogen-bond acceptors (Lipinski definition) is 5. The van der Waals surface area contributed by atoms with E-state index in [4.69, 9.17) is 4.74 Å². The van der Waals surface area contributed by atoms with Crippen LogP contribution in [0.25, 0.3) is 11.4 Å². The van der Waals surface area contributed by atoms with Gasteiger partial charge in [0.15, 0.2) is 12.4 Å². The van der Waals surface area contributed by atoms with Crippen LogP contribution < -0.4 is 10.1 Å². The quantitative estimate of drug-likeness (QED) is 0.751. The highest BCUT2D eigenvalue weighted by Crippen LogP contribution is 2.24. The lowest BCUT2D eigenvalue weighted by Crippen LogP contribution is -2.20. The number of rotatable bonds is 5. The maximum absolute atomic E-state index is 12.2. The van der Waals surface area contributed by atoms with Crippen molar-refractivity contribution in [3.8, 4) is 17.1 Å². The van der Waals surface area contributed by atoms with Crippen molar-refractivity contribution < 1.29 is 9.53 Å². The van der Waals surface area contributed by atoms with E-state index in [-0.39, 0.29) is 17.9 Å². The van der Waals surface area contributed by atoms with Gasteiger partial charge < -0.3 is 10.1 Å². The second-order valence-electron chi connectivity index (χ2n) is 7.32. The molecule has 7 heteroatoms. The van der Waals surface area contributed by atoms with Crippen molar-refractivity contribution in [3.63, 3.8) is 0 Å². The summed E-state index contributed by atoms with van der Waals surface area (Å²) in [7, 11) is 1.76. The van der Waals surface area contributed by atoms with E-state index < -0.39 is 0 Å². The number of hydrogen-bond donors (Lipinski definition) is 1. The van der Waals surface area contributed by atoms with Crippen LogP contribution in [0.15, 0.2) is 48.5 Å². The average molecular weight is 365 g/mol. The fourth-order valence-corrected chi connectivity index (χ4v) is 2.61. The number of carbonyl (C=O) groups is 1. The fourth-order valence-electron chi connectivity index (χ4n) is 2.61. The van der Waals surface area contributed by atoms with Gasteiger partial charge in [0.2, 0.25) is 0 Å². The average Bonchev–Trinajstić information content (AvgIpc) is 3.06. The smallest absolute Gasteiger partial charge is 0.262 e. The van der Waals surface area contributed by atoms with Gasteiger partial charge in [0.05, 0.1) is 0 Å². The number of carbonyl (C=O) groups excluding carboxylic acids is 1. The van der Waals surface area contributed by atoms with Crippen LogP contribution in [0.3, 0.4) is 0 Å². The third-order valence-electron chi connectivity index (χ3n) is 4.11. The summed E-state index contributed by atoms with van der Waals surface area (Å²) in [6, 6.07) is 15.2. The van der Waals surface area contributed by atoms with Gasteiger partial charge in [0.25, 0.3) is 5.91 Å². The molecule has 1 N–H and O–H groups in total. The SMILES string of the molecule is Cn1nnnc1-c1cccc(NC(=O)COc2ccc(C(C)(C)C)cc2)c1. The minimum absolute atomic E-state index is 0.0649. The molecule has 0 saturated carbocycles. The van der Waals surface area contributed by atoms with E-state index in [1.54, 1.807) is 11.7 Å². The number of benzene rings is 2. The Hall–Kier alpha value is -3.22. The highest BCUT2D eigenvalue weighted by Gasteiger charge is 2.13. The minimum Gasteiger partial charge on any atom is -0.484 e. The maximum Gasteiger partial charge on any atom is 0.262 e. The summed E-state index contributed by atoms with van der Waals surface area (Å²) in [6.45, 7) is 6.40. The number of anilines is 1. The number of tetrazole rings is 1. The van der Waals surface area contributed by atoms with Crippen molar-refractivity contribution in [1.29, 1.82) is 0 Å². The summed E-state index contributed by atoms with van der Waals surface area (Å²) in [6.07, 6.45) is 0. The summed E-state index contributed by atoms with van der Waals surface area (Å²) in [5.41, 5.74) is 2.78. The van der Waals surface area contributed by atoms with E-state index in [9.17, 15) is 4.79 Å². The number of ether oxygens (including phenoxy) is 1. The first-order valence-electron chi connectivity index (χ1n) is 8.69. The number of amides is 1. The maximum atomic E-state index is 12.2. The molecule has 1 heterocycles. The van der Waals surface area contributed by atoms with Crippen LogP contribution >= 0.6 is 0 Å². The molecule has 1 amide bonds. The molecule has 0 fully saturated rings. The molecule has 0 saturated heterocycles. The topological polar surface area (TPSA) is 81.9 Å². The standard InChI is InChI=1S/C20H23N5O2/c1-20(2,3)15-8-10-17(11-9-15)27-13-18(26)21-16-7-5-6-14(12-16)19-22-23-24-25(19)4/h5-12H,13H2,1-4H3,(H,21,26). The van der Waals surface area contributed by atoms with Gasteiger partial charge in [-0.05, 0) is 45.7 Å². The molecule has 0 spiro atoms. The second kappa shape index (κ2) is 7.57. The van der Waals surface area contributed by atoms with E-state index in [0.717, 1.165) is 5.56 Å². The van der Waals surface area contributed by atoms with Gasteiger partial charge in [-0.25, -0.2) is 4.68 Å². The van der Waals surface area contributed by atoms with E-state index >= 15 is 0 Å². The summed E-state index contributed by atoms with van der Waals surface area (Å²) in [4.78, 5) is 12.2. The summed E-state index contributed by atoms with van der Waals surface area (Å²) < 4.78 is 7.16. The molecule has 0 aliphatic heterocycles. The molecular formula is C20H23N5O2. The van der Waals surface area contributed by atoms with Crippen LogP contribution in [0.5, 0.6) is 5.75 Å². The Balaban J connectivity index is 1.59. The van der Waals surface area contributed by atoms with E-state index in [0.29, 0.717) is 17.3 Å². The lowest BCUT2D eigenvalue weighted by molar-refractivity contribution is -0.118. The van der Waals surface area contributed by atoms with Crippen LogP contribution in [-0.4, -0.2) is 32.7 Å². The predicted molar refractivity (Wildman–Crippen MR) is 104 cm³/mol. The van der Waals surface area contributed by atoms with Gasteiger partial charge in [-0.15, -0.1) is 5.10 Å². The van der Waals surface area contributed by atoms with E-state index in [1.165, 1.54) is 5.56 Å². The molecule has 7 nitrogen and oxygen atoms in total. The largest absolute Gasteiger partial charge is 0.484 e. The molecule has 0 unspecified atom stereocenters. The Labute approximate surface area is 158 Å². The van der Waals surface area contributed by atoms with Crippen molar-refractivity contribution in [2.24, 2.45) is 7.05 Å². The zero-order chi connectivity index (χ0) is 19.4. The third kappa shape index (κ3) is 4.69. The van der Waals surface area contributed by atoms with E-state index in [1.807, 2.05) is 48.5 Å². The molecule has 27 heavy (non-hydrogen) atoms. The number of nitrogens with one attached hydrogen (secondary N) is 1. The molecule has 2 aromatic carbocycles. The molecule has 1 aromatic heterocycles. The first-order chi connectivity index (χ1) is 12.8. The van der Waals surface area contributed by atoms with Crippen LogP contribution in [0.2, 0.25) is 0 Å². The number of aromatic nitrogens is 4. The summed E-state index contributed by atoms with van der Waals surface area (Å²) in [5, 5.41) is 14.2. The zero-order valence-corrected chi connectivity index (χ0v) is 15.9. The predicted octanol–water partition coefficient (Wildman–Crippen LogP) is 3.19. The Morgan fingerprint density at radius 3 is 2.52 bits per heavy atom.